The molecule has 100 valence electrons. The maximum atomic E-state index is 4.61. The molecule has 3 nitrogen and oxygen atoms in total. The summed E-state index contributed by atoms with van der Waals surface area (Å²) in [6.45, 7) is 4.06. The van der Waals surface area contributed by atoms with Crippen LogP contribution in [-0.2, 0) is 0 Å². The molecule has 0 amide bonds. The first-order chi connectivity index (χ1) is 9.74. The predicted octanol–water partition coefficient (Wildman–Crippen LogP) is 4.37. The molecule has 1 N–H and O–H groups in total. The number of nitrogens with one attached hydrogen (secondary N) is 1. The van der Waals surface area contributed by atoms with Gasteiger partial charge in [-0.25, -0.2) is 4.98 Å². The topological polar surface area (TPSA) is 37.8 Å². The van der Waals surface area contributed by atoms with Crippen LogP contribution in [0.1, 0.15) is 11.3 Å². The van der Waals surface area contributed by atoms with E-state index in [1.807, 2.05) is 37.4 Å². The molecule has 0 aliphatic heterocycles. The normalized spacial score (nSPS) is 10.7. The molecule has 0 saturated heterocycles. The molecule has 2 aromatic heterocycles. The summed E-state index contributed by atoms with van der Waals surface area (Å²) in [6.07, 6.45) is 1.81. The number of nitrogens with zero attached hydrogens (tertiary/aromatic N) is 2. The van der Waals surface area contributed by atoms with Gasteiger partial charge in [0.15, 0.2) is 0 Å². The van der Waals surface area contributed by atoms with Crippen molar-refractivity contribution in [1.82, 2.24) is 9.97 Å². The number of para-hydroxylation sites is 1. The molecule has 3 aromatic rings. The first-order valence-corrected chi connectivity index (χ1v) is 7.26. The molecular weight excluding hydrogens is 266 g/mol. The molecule has 0 radical (unpaired) electrons. The van der Waals surface area contributed by atoms with Crippen molar-refractivity contribution in [3.8, 4) is 0 Å². The molecule has 0 aliphatic rings. The second-order valence-corrected chi connectivity index (χ2v) is 5.45. The maximum Gasteiger partial charge on any atom is 0.119 e. The SMILES string of the molecule is Cc1ccc2cccc(NSc3ncccc3C)c2n1. The Labute approximate surface area is 122 Å². The van der Waals surface area contributed by atoms with Crippen LogP contribution >= 0.6 is 11.9 Å². The molecule has 0 bridgehead atoms. The zero-order chi connectivity index (χ0) is 13.9. The lowest BCUT2D eigenvalue weighted by atomic mass is 10.2. The zero-order valence-corrected chi connectivity index (χ0v) is 12.2. The highest BCUT2D eigenvalue weighted by molar-refractivity contribution is 8.00. The van der Waals surface area contributed by atoms with E-state index in [2.05, 4.69) is 39.8 Å². The third-order valence-electron chi connectivity index (χ3n) is 3.08. The summed E-state index contributed by atoms with van der Waals surface area (Å²) >= 11 is 1.52. The van der Waals surface area contributed by atoms with E-state index in [1.54, 1.807) is 0 Å². The molecule has 4 heteroatoms. The van der Waals surface area contributed by atoms with Crippen molar-refractivity contribution in [3.63, 3.8) is 0 Å². The van der Waals surface area contributed by atoms with Crippen LogP contribution in [0.4, 0.5) is 5.69 Å². The Hall–Kier alpha value is -2.07. The minimum absolute atomic E-state index is 0.983. The molecule has 0 unspecified atom stereocenters. The molecule has 0 spiro atoms. The van der Waals surface area contributed by atoms with Gasteiger partial charge in [-0.3, -0.25) is 4.98 Å². The maximum absolute atomic E-state index is 4.61. The Morgan fingerprint density at radius 1 is 1.00 bits per heavy atom. The third kappa shape index (κ3) is 2.60. The van der Waals surface area contributed by atoms with Crippen LogP contribution in [0.25, 0.3) is 10.9 Å². The van der Waals surface area contributed by atoms with Gasteiger partial charge >= 0.3 is 0 Å². The fraction of sp³-hybridized carbons (Fsp3) is 0.125. The number of hydrogen-bond acceptors (Lipinski definition) is 4. The number of pyridine rings is 2. The van der Waals surface area contributed by atoms with Crippen LogP contribution in [0.15, 0.2) is 53.7 Å². The van der Waals surface area contributed by atoms with Crippen molar-refractivity contribution in [2.45, 2.75) is 18.9 Å². The van der Waals surface area contributed by atoms with Gasteiger partial charge in [0.05, 0.1) is 11.2 Å². The molecule has 2 heterocycles. The van der Waals surface area contributed by atoms with E-state index < -0.39 is 0 Å². The fourth-order valence-corrected chi connectivity index (χ4v) is 2.72. The van der Waals surface area contributed by atoms with Gasteiger partial charge < -0.3 is 4.72 Å². The Balaban J connectivity index is 1.91. The van der Waals surface area contributed by atoms with Crippen LogP contribution in [0.2, 0.25) is 0 Å². The molecule has 0 aliphatic carbocycles. The van der Waals surface area contributed by atoms with E-state index in [0.717, 1.165) is 32.9 Å². The zero-order valence-electron chi connectivity index (χ0n) is 11.4. The summed E-state index contributed by atoms with van der Waals surface area (Å²) in [6, 6.07) is 14.3. The molecular formula is C16H15N3S. The largest absolute Gasteiger partial charge is 0.322 e. The number of aryl methyl sites for hydroxylation is 2. The van der Waals surface area contributed by atoms with Gasteiger partial charge in [0.2, 0.25) is 0 Å². The summed E-state index contributed by atoms with van der Waals surface area (Å²) in [4.78, 5) is 8.99. The molecule has 0 atom stereocenters. The Bertz CT molecular complexity index is 756. The van der Waals surface area contributed by atoms with Crippen molar-refractivity contribution >= 4 is 28.5 Å². The average Bonchev–Trinajstić information content (AvgIpc) is 2.46. The summed E-state index contributed by atoms with van der Waals surface area (Å²) in [5, 5.41) is 2.12. The van der Waals surface area contributed by atoms with E-state index >= 15 is 0 Å². The summed E-state index contributed by atoms with van der Waals surface area (Å²) in [5.74, 6) is 0. The average molecular weight is 281 g/mol. The number of anilines is 1. The van der Waals surface area contributed by atoms with Crippen LogP contribution in [0.3, 0.4) is 0 Å². The molecule has 0 fully saturated rings. The van der Waals surface area contributed by atoms with E-state index in [9.17, 15) is 0 Å². The van der Waals surface area contributed by atoms with Gasteiger partial charge in [-0.05, 0) is 37.6 Å². The van der Waals surface area contributed by atoms with Crippen molar-refractivity contribution in [1.29, 1.82) is 0 Å². The quantitative estimate of drug-likeness (QED) is 0.724. The monoisotopic (exact) mass is 281 g/mol. The lowest BCUT2D eigenvalue weighted by molar-refractivity contribution is 1.08. The van der Waals surface area contributed by atoms with Crippen LogP contribution in [0.5, 0.6) is 0 Å². The first kappa shape index (κ1) is 12.9. The van der Waals surface area contributed by atoms with Crippen molar-refractivity contribution in [3.05, 3.63) is 59.9 Å². The van der Waals surface area contributed by atoms with Gasteiger partial charge in [-0.15, -0.1) is 0 Å². The number of fused-ring (bicyclic) bond motifs is 1. The number of hydrogen-bond donors (Lipinski definition) is 1. The smallest absolute Gasteiger partial charge is 0.119 e. The minimum atomic E-state index is 0.983. The van der Waals surface area contributed by atoms with E-state index in [4.69, 9.17) is 0 Å². The minimum Gasteiger partial charge on any atom is -0.322 e. The second-order valence-electron chi connectivity index (χ2n) is 4.66. The highest BCUT2D eigenvalue weighted by atomic mass is 32.2. The van der Waals surface area contributed by atoms with Gasteiger partial charge in [-0.1, -0.05) is 24.3 Å². The Morgan fingerprint density at radius 2 is 1.90 bits per heavy atom. The highest BCUT2D eigenvalue weighted by Gasteiger charge is 2.05. The number of rotatable bonds is 3. The number of benzene rings is 1. The molecule has 1 aromatic carbocycles. The van der Waals surface area contributed by atoms with E-state index in [1.165, 1.54) is 11.9 Å². The van der Waals surface area contributed by atoms with Gasteiger partial charge in [0, 0.05) is 29.2 Å². The summed E-state index contributed by atoms with van der Waals surface area (Å²) in [7, 11) is 0. The van der Waals surface area contributed by atoms with E-state index in [-0.39, 0.29) is 0 Å². The van der Waals surface area contributed by atoms with Gasteiger partial charge in [-0.2, -0.15) is 0 Å². The Morgan fingerprint density at radius 3 is 2.75 bits per heavy atom. The highest BCUT2D eigenvalue weighted by Crippen LogP contribution is 2.27. The number of aromatic nitrogens is 2. The van der Waals surface area contributed by atoms with Crippen molar-refractivity contribution in [2.24, 2.45) is 0 Å². The lowest BCUT2D eigenvalue weighted by Crippen LogP contribution is -1.94. The molecule has 3 rings (SSSR count). The third-order valence-corrected chi connectivity index (χ3v) is 4.02. The van der Waals surface area contributed by atoms with Crippen LogP contribution in [-0.4, -0.2) is 9.97 Å². The van der Waals surface area contributed by atoms with Crippen molar-refractivity contribution < 1.29 is 0 Å². The van der Waals surface area contributed by atoms with Gasteiger partial charge in [0.1, 0.15) is 5.03 Å². The van der Waals surface area contributed by atoms with Gasteiger partial charge in [0.25, 0.3) is 0 Å². The summed E-state index contributed by atoms with van der Waals surface area (Å²) in [5.41, 5.74) is 4.19. The summed E-state index contributed by atoms with van der Waals surface area (Å²) < 4.78 is 3.36. The first-order valence-electron chi connectivity index (χ1n) is 6.45. The van der Waals surface area contributed by atoms with Crippen molar-refractivity contribution in [2.75, 3.05) is 4.72 Å². The second kappa shape index (κ2) is 5.51. The molecule has 20 heavy (non-hydrogen) atoms. The molecule has 0 saturated carbocycles. The lowest BCUT2D eigenvalue weighted by Gasteiger charge is -2.09. The predicted molar refractivity (Wildman–Crippen MR) is 84.9 cm³/mol. The van der Waals surface area contributed by atoms with Crippen LogP contribution < -0.4 is 4.72 Å². The standard InChI is InChI=1S/C16H15N3S/c1-11-5-4-10-17-16(11)20-19-14-7-3-6-13-9-8-12(2)18-15(13)14/h3-10,19H,1-2H3. The fourth-order valence-electron chi connectivity index (χ4n) is 2.01. The van der Waals surface area contributed by atoms with Crippen LogP contribution in [0, 0.1) is 13.8 Å². The van der Waals surface area contributed by atoms with E-state index in [0.29, 0.717) is 0 Å². The Kier molecular flexibility index (Phi) is 3.56.